The molecule has 0 spiro atoms. The molecule has 1 aromatic rings. The number of hydrogen-bond donors (Lipinski definition) is 3. The van der Waals surface area contributed by atoms with E-state index >= 15 is 0 Å². The highest BCUT2D eigenvalue weighted by Crippen LogP contribution is 2.24. The molecule has 0 fully saturated rings. The summed E-state index contributed by atoms with van der Waals surface area (Å²) in [7, 11) is -3.67. The lowest BCUT2D eigenvalue weighted by atomic mass is 10.0. The highest BCUT2D eigenvalue weighted by atomic mass is 79.9. The number of nitrogens with two attached hydrogens (primary N) is 1. The van der Waals surface area contributed by atoms with E-state index in [0.29, 0.717) is 16.6 Å². The van der Waals surface area contributed by atoms with Crippen molar-refractivity contribution in [1.29, 1.82) is 0 Å². The number of nitrogen functional groups attached to an aromatic ring is 1. The summed E-state index contributed by atoms with van der Waals surface area (Å²) in [5.41, 5.74) is 4.99. The lowest BCUT2D eigenvalue weighted by Gasteiger charge is -2.23. The van der Waals surface area contributed by atoms with Gasteiger partial charge in [0, 0.05) is 16.7 Å². The second-order valence-electron chi connectivity index (χ2n) is 4.76. The maximum Gasteiger partial charge on any atom is 0.241 e. The Morgan fingerprint density at radius 3 is 2.63 bits per heavy atom. The third kappa shape index (κ3) is 4.76. The van der Waals surface area contributed by atoms with E-state index in [1.165, 1.54) is 18.2 Å². The minimum atomic E-state index is -3.67. The topological polar surface area (TPSA) is 92.4 Å². The Hall–Kier alpha value is -0.630. The Labute approximate surface area is 122 Å². The van der Waals surface area contributed by atoms with Crippen LogP contribution >= 0.6 is 15.9 Å². The Kier molecular flexibility index (Phi) is 5.37. The predicted octanol–water partition coefficient (Wildman–Crippen LogP) is 1.86. The molecule has 0 saturated carbocycles. The molecule has 0 amide bonds. The smallest absolute Gasteiger partial charge is 0.241 e. The van der Waals surface area contributed by atoms with Crippen LogP contribution in [0.3, 0.4) is 0 Å². The first-order chi connectivity index (χ1) is 8.68. The minimum Gasteiger partial charge on any atom is -0.399 e. The molecular formula is C12H19BrN2O3S. The summed E-state index contributed by atoms with van der Waals surface area (Å²) in [6.45, 7) is 3.51. The molecule has 1 unspecified atom stereocenters. The Balaban J connectivity index is 2.87. The fourth-order valence-electron chi connectivity index (χ4n) is 1.69. The van der Waals surface area contributed by atoms with Gasteiger partial charge in [0.15, 0.2) is 0 Å². The van der Waals surface area contributed by atoms with E-state index in [1.807, 2.05) is 6.92 Å². The van der Waals surface area contributed by atoms with Gasteiger partial charge in [-0.05, 0) is 47.5 Å². The molecule has 0 radical (unpaired) electrons. The van der Waals surface area contributed by atoms with Crippen LogP contribution in [0.1, 0.15) is 26.7 Å². The number of sulfonamides is 1. The molecule has 0 bridgehead atoms. The maximum absolute atomic E-state index is 12.1. The molecule has 108 valence electrons. The van der Waals surface area contributed by atoms with Crippen molar-refractivity contribution in [2.75, 3.05) is 12.3 Å². The normalized spacial score (nSPS) is 15.2. The zero-order valence-corrected chi connectivity index (χ0v) is 13.4. The highest BCUT2D eigenvalue weighted by Gasteiger charge is 2.24. The number of aliphatic hydroxyl groups is 1. The number of nitrogens with one attached hydrogen (secondary N) is 1. The molecule has 0 heterocycles. The molecule has 0 aliphatic heterocycles. The largest absolute Gasteiger partial charge is 0.399 e. The van der Waals surface area contributed by atoms with Gasteiger partial charge in [-0.15, -0.1) is 0 Å². The van der Waals surface area contributed by atoms with E-state index in [9.17, 15) is 13.5 Å². The first kappa shape index (κ1) is 16.4. The Bertz CT molecular complexity index is 544. The number of benzene rings is 1. The molecule has 19 heavy (non-hydrogen) atoms. The molecule has 1 atom stereocenters. The maximum atomic E-state index is 12.1. The second kappa shape index (κ2) is 6.21. The molecule has 1 aromatic carbocycles. The quantitative estimate of drug-likeness (QED) is 0.682. The standard InChI is InChI=1S/C12H19BrN2O3S/c1-3-6-12(2,16)8-15-19(17,18)11-5-4-9(14)7-10(11)13/h4-5,7,15-16H,3,6,8,14H2,1-2H3. The minimum absolute atomic E-state index is 0.0278. The first-order valence-electron chi connectivity index (χ1n) is 5.95. The van der Waals surface area contributed by atoms with Gasteiger partial charge in [0.05, 0.1) is 10.5 Å². The molecule has 7 heteroatoms. The van der Waals surface area contributed by atoms with Crippen LogP contribution in [0.2, 0.25) is 0 Å². The summed E-state index contributed by atoms with van der Waals surface area (Å²) in [6, 6.07) is 4.47. The zero-order chi connectivity index (χ0) is 14.7. The summed E-state index contributed by atoms with van der Waals surface area (Å²) < 4.78 is 27.1. The van der Waals surface area contributed by atoms with Gasteiger partial charge in [-0.25, -0.2) is 13.1 Å². The summed E-state index contributed by atoms with van der Waals surface area (Å²) in [5.74, 6) is 0. The van der Waals surface area contributed by atoms with Gasteiger partial charge >= 0.3 is 0 Å². The van der Waals surface area contributed by atoms with E-state index in [1.54, 1.807) is 6.92 Å². The van der Waals surface area contributed by atoms with Crippen LogP contribution in [0, 0.1) is 0 Å². The molecule has 0 aromatic heterocycles. The zero-order valence-electron chi connectivity index (χ0n) is 11.0. The Morgan fingerprint density at radius 2 is 2.11 bits per heavy atom. The van der Waals surface area contributed by atoms with E-state index in [0.717, 1.165) is 6.42 Å². The molecule has 1 rings (SSSR count). The van der Waals surface area contributed by atoms with Crippen LogP contribution in [0.25, 0.3) is 0 Å². The third-order valence-corrected chi connectivity index (χ3v) is 5.05. The lowest BCUT2D eigenvalue weighted by molar-refractivity contribution is 0.0554. The van der Waals surface area contributed by atoms with Crippen LogP contribution in [-0.4, -0.2) is 25.7 Å². The van der Waals surface area contributed by atoms with Gasteiger partial charge in [0.2, 0.25) is 10.0 Å². The van der Waals surface area contributed by atoms with Crippen LogP contribution in [-0.2, 0) is 10.0 Å². The van der Waals surface area contributed by atoms with Crippen molar-refractivity contribution in [3.63, 3.8) is 0 Å². The van der Waals surface area contributed by atoms with Crippen molar-refractivity contribution in [2.45, 2.75) is 37.2 Å². The first-order valence-corrected chi connectivity index (χ1v) is 8.22. The number of halogens is 1. The molecule has 0 aliphatic carbocycles. The van der Waals surface area contributed by atoms with E-state index in [4.69, 9.17) is 5.73 Å². The van der Waals surface area contributed by atoms with Crippen molar-refractivity contribution >= 4 is 31.6 Å². The number of hydrogen-bond acceptors (Lipinski definition) is 4. The summed E-state index contributed by atoms with van der Waals surface area (Å²) in [4.78, 5) is 0.106. The molecule has 5 nitrogen and oxygen atoms in total. The number of anilines is 1. The summed E-state index contributed by atoms with van der Waals surface area (Å²) in [5, 5.41) is 9.98. The van der Waals surface area contributed by atoms with Crippen LogP contribution < -0.4 is 10.5 Å². The lowest BCUT2D eigenvalue weighted by Crippen LogP contribution is -2.40. The summed E-state index contributed by atoms with van der Waals surface area (Å²) in [6.07, 6.45) is 1.30. The monoisotopic (exact) mass is 350 g/mol. The van der Waals surface area contributed by atoms with Crippen LogP contribution in [0.15, 0.2) is 27.6 Å². The van der Waals surface area contributed by atoms with E-state index < -0.39 is 15.6 Å². The van der Waals surface area contributed by atoms with Crippen molar-refractivity contribution < 1.29 is 13.5 Å². The van der Waals surface area contributed by atoms with Gasteiger partial charge in [0.25, 0.3) is 0 Å². The van der Waals surface area contributed by atoms with Crippen molar-refractivity contribution in [2.24, 2.45) is 0 Å². The SMILES string of the molecule is CCCC(C)(O)CNS(=O)(=O)c1ccc(N)cc1Br. The van der Waals surface area contributed by atoms with Crippen molar-refractivity contribution in [3.8, 4) is 0 Å². The van der Waals surface area contributed by atoms with Gasteiger partial charge < -0.3 is 10.8 Å². The average molecular weight is 351 g/mol. The van der Waals surface area contributed by atoms with Crippen molar-refractivity contribution in [3.05, 3.63) is 22.7 Å². The van der Waals surface area contributed by atoms with Gasteiger partial charge in [-0.2, -0.15) is 0 Å². The van der Waals surface area contributed by atoms with Crippen LogP contribution in [0.4, 0.5) is 5.69 Å². The molecule has 0 aliphatic rings. The third-order valence-electron chi connectivity index (χ3n) is 2.68. The molecule has 4 N–H and O–H groups in total. The van der Waals surface area contributed by atoms with Gasteiger partial charge in [-0.1, -0.05) is 13.3 Å². The fraction of sp³-hybridized carbons (Fsp3) is 0.500. The molecule has 0 saturated heterocycles. The number of rotatable bonds is 6. The van der Waals surface area contributed by atoms with Crippen molar-refractivity contribution in [1.82, 2.24) is 4.72 Å². The van der Waals surface area contributed by atoms with Gasteiger partial charge in [-0.3, -0.25) is 0 Å². The fourth-order valence-corrected chi connectivity index (χ4v) is 3.95. The predicted molar refractivity (Wildman–Crippen MR) is 79.3 cm³/mol. The second-order valence-corrected chi connectivity index (χ2v) is 7.35. The van der Waals surface area contributed by atoms with Crippen LogP contribution in [0.5, 0.6) is 0 Å². The average Bonchev–Trinajstić information content (AvgIpc) is 2.26. The molecular weight excluding hydrogens is 332 g/mol. The van der Waals surface area contributed by atoms with E-state index in [-0.39, 0.29) is 11.4 Å². The Morgan fingerprint density at radius 1 is 1.47 bits per heavy atom. The summed E-state index contributed by atoms with van der Waals surface area (Å²) >= 11 is 3.17. The van der Waals surface area contributed by atoms with E-state index in [2.05, 4.69) is 20.7 Å². The van der Waals surface area contributed by atoms with Gasteiger partial charge in [0.1, 0.15) is 0 Å². The highest BCUT2D eigenvalue weighted by molar-refractivity contribution is 9.10.